The van der Waals surface area contributed by atoms with Gasteiger partial charge in [-0.15, -0.1) is 0 Å². The third-order valence-corrected chi connectivity index (χ3v) is 3.33. The summed E-state index contributed by atoms with van der Waals surface area (Å²) in [4.78, 5) is 34.3. The van der Waals surface area contributed by atoms with Crippen molar-refractivity contribution in [2.24, 2.45) is 5.92 Å². The van der Waals surface area contributed by atoms with E-state index in [2.05, 4.69) is 5.32 Å². The van der Waals surface area contributed by atoms with E-state index >= 15 is 0 Å². The number of hydrogen-bond acceptors (Lipinski definition) is 6. The highest BCUT2D eigenvalue weighted by Crippen LogP contribution is 2.34. The number of carbonyl (C=O) groups excluding carboxylic acids is 1. The van der Waals surface area contributed by atoms with E-state index in [0.29, 0.717) is 0 Å². The molecule has 1 atom stereocenters. The number of benzene rings is 1. The van der Waals surface area contributed by atoms with Gasteiger partial charge in [-0.2, -0.15) is 0 Å². The number of nitro benzene ring substituents is 1. The molecule has 2 N–H and O–H groups in total. The minimum atomic E-state index is -1.21. The Balaban J connectivity index is 3.27. The second-order valence-corrected chi connectivity index (χ2v) is 5.70. The molecule has 0 radical (unpaired) electrons. The maximum atomic E-state index is 12.4. The fourth-order valence-electron chi connectivity index (χ4n) is 2.24. The Hall–Kier alpha value is -2.84. The van der Waals surface area contributed by atoms with E-state index in [1.807, 2.05) is 13.8 Å². The van der Waals surface area contributed by atoms with Gasteiger partial charge >= 0.3 is 5.97 Å². The maximum absolute atomic E-state index is 12.4. The van der Waals surface area contributed by atoms with Crippen LogP contribution in [0.1, 0.15) is 37.6 Å². The largest absolute Gasteiger partial charge is 0.493 e. The molecule has 0 bridgehead atoms. The first-order valence-electron chi connectivity index (χ1n) is 7.74. The van der Waals surface area contributed by atoms with Gasteiger partial charge in [0, 0.05) is 6.07 Å². The number of carboxylic acid groups (broad SMARTS) is 1. The lowest BCUT2D eigenvalue weighted by Gasteiger charge is -2.17. The predicted octanol–water partition coefficient (Wildman–Crippen LogP) is 2.23. The van der Waals surface area contributed by atoms with Gasteiger partial charge in [0.2, 0.25) is 0 Å². The molecule has 0 heterocycles. The molecule has 25 heavy (non-hydrogen) atoms. The molecule has 0 fully saturated rings. The number of methoxy groups -OCH3 is 1. The molecule has 0 saturated carbocycles. The lowest BCUT2D eigenvalue weighted by molar-refractivity contribution is -0.385. The third kappa shape index (κ3) is 5.33. The lowest BCUT2D eigenvalue weighted by atomic mass is 10.0. The zero-order valence-corrected chi connectivity index (χ0v) is 14.6. The summed E-state index contributed by atoms with van der Waals surface area (Å²) >= 11 is 0. The molecule has 0 aliphatic rings. The molecule has 0 saturated heterocycles. The Morgan fingerprint density at radius 2 is 1.96 bits per heavy atom. The van der Waals surface area contributed by atoms with Crippen LogP contribution in [0, 0.1) is 16.0 Å². The summed E-state index contributed by atoms with van der Waals surface area (Å²) in [6.45, 7) is 5.60. The van der Waals surface area contributed by atoms with E-state index in [4.69, 9.17) is 9.47 Å². The van der Waals surface area contributed by atoms with Gasteiger partial charge in [0.05, 0.1) is 24.7 Å². The Kier molecular flexibility index (Phi) is 7.16. The smallest absolute Gasteiger partial charge is 0.326 e. The Morgan fingerprint density at radius 1 is 1.32 bits per heavy atom. The Labute approximate surface area is 145 Å². The zero-order chi connectivity index (χ0) is 19.1. The molecular weight excluding hydrogens is 332 g/mol. The highest BCUT2D eigenvalue weighted by molar-refractivity contribution is 6.00. The Morgan fingerprint density at radius 3 is 2.40 bits per heavy atom. The lowest BCUT2D eigenvalue weighted by Crippen LogP contribution is -2.41. The van der Waals surface area contributed by atoms with Crippen LogP contribution in [-0.2, 0) is 4.79 Å². The van der Waals surface area contributed by atoms with Crippen molar-refractivity contribution in [3.63, 3.8) is 0 Å². The molecule has 1 rings (SSSR count). The summed E-state index contributed by atoms with van der Waals surface area (Å²) in [5, 5.41) is 22.8. The van der Waals surface area contributed by atoms with Gasteiger partial charge in [0.1, 0.15) is 11.6 Å². The van der Waals surface area contributed by atoms with Gasteiger partial charge < -0.3 is 19.9 Å². The van der Waals surface area contributed by atoms with Gasteiger partial charge in [-0.3, -0.25) is 14.9 Å². The summed E-state index contributed by atoms with van der Waals surface area (Å²) in [5.41, 5.74) is -0.782. The molecule has 9 nitrogen and oxygen atoms in total. The average molecular weight is 354 g/mol. The van der Waals surface area contributed by atoms with Gasteiger partial charge in [-0.05, 0) is 19.3 Å². The molecule has 138 valence electrons. The van der Waals surface area contributed by atoms with E-state index in [9.17, 15) is 24.8 Å². The van der Waals surface area contributed by atoms with Crippen molar-refractivity contribution in [3.8, 4) is 11.5 Å². The minimum absolute atomic E-state index is 0.0197. The first kappa shape index (κ1) is 20.2. The standard InChI is InChI=1S/C16H22N2O7/c1-5-25-14-7-10(12(18(22)23)8-13(14)24-4)15(19)17-11(16(20)21)6-9(2)3/h7-9,11H,5-6H2,1-4H3,(H,17,19)(H,20,21)/t11-/m1/s1. The number of ether oxygens (including phenoxy) is 2. The van der Waals surface area contributed by atoms with E-state index in [-0.39, 0.29) is 36.0 Å². The van der Waals surface area contributed by atoms with E-state index in [1.165, 1.54) is 13.2 Å². The van der Waals surface area contributed by atoms with Crippen molar-refractivity contribution < 1.29 is 29.1 Å². The first-order valence-corrected chi connectivity index (χ1v) is 7.74. The highest BCUT2D eigenvalue weighted by atomic mass is 16.6. The highest BCUT2D eigenvalue weighted by Gasteiger charge is 2.28. The van der Waals surface area contributed by atoms with Crippen LogP contribution < -0.4 is 14.8 Å². The zero-order valence-electron chi connectivity index (χ0n) is 14.6. The monoisotopic (exact) mass is 354 g/mol. The van der Waals surface area contributed by atoms with Crippen LogP contribution in [0.15, 0.2) is 12.1 Å². The quantitative estimate of drug-likeness (QED) is 0.514. The Bertz CT molecular complexity index is 658. The fourth-order valence-corrected chi connectivity index (χ4v) is 2.24. The van der Waals surface area contributed by atoms with Crippen LogP contribution in [0.2, 0.25) is 0 Å². The molecule has 0 spiro atoms. The van der Waals surface area contributed by atoms with Gasteiger partial charge in [0.15, 0.2) is 11.5 Å². The summed E-state index contributed by atoms with van der Waals surface area (Å²) in [6, 6.07) is 1.12. The van der Waals surface area contributed by atoms with Crippen LogP contribution in [-0.4, -0.2) is 41.7 Å². The molecule has 0 aliphatic heterocycles. The molecule has 0 aromatic heterocycles. The molecule has 9 heteroatoms. The number of rotatable bonds is 9. The number of carboxylic acids is 1. The number of nitro groups is 1. The van der Waals surface area contributed by atoms with Crippen LogP contribution in [0.5, 0.6) is 11.5 Å². The molecule has 0 unspecified atom stereocenters. The van der Waals surface area contributed by atoms with Crippen LogP contribution in [0.3, 0.4) is 0 Å². The molecular formula is C16H22N2O7. The van der Waals surface area contributed by atoms with Crippen LogP contribution in [0.25, 0.3) is 0 Å². The fraction of sp³-hybridized carbons (Fsp3) is 0.500. The van der Waals surface area contributed by atoms with E-state index < -0.39 is 28.5 Å². The van der Waals surface area contributed by atoms with Crippen LogP contribution >= 0.6 is 0 Å². The summed E-state index contributed by atoms with van der Waals surface area (Å²) in [5.74, 6) is -1.77. The molecule has 1 aromatic rings. The maximum Gasteiger partial charge on any atom is 0.326 e. The predicted molar refractivity (Wildman–Crippen MR) is 89.2 cm³/mol. The van der Waals surface area contributed by atoms with E-state index in [1.54, 1.807) is 6.92 Å². The molecule has 1 amide bonds. The van der Waals surface area contributed by atoms with E-state index in [0.717, 1.165) is 6.07 Å². The summed E-state index contributed by atoms with van der Waals surface area (Å²) in [7, 11) is 1.32. The molecule has 1 aromatic carbocycles. The number of nitrogens with one attached hydrogen (secondary N) is 1. The van der Waals surface area contributed by atoms with Gasteiger partial charge in [-0.25, -0.2) is 4.79 Å². The normalized spacial score (nSPS) is 11.7. The number of nitrogens with zero attached hydrogens (tertiary/aromatic N) is 1. The molecule has 0 aliphatic carbocycles. The van der Waals surface area contributed by atoms with Gasteiger partial charge in [0.25, 0.3) is 11.6 Å². The third-order valence-electron chi connectivity index (χ3n) is 3.33. The average Bonchev–Trinajstić information content (AvgIpc) is 2.53. The second kappa shape index (κ2) is 8.86. The first-order chi connectivity index (χ1) is 11.7. The topological polar surface area (TPSA) is 128 Å². The second-order valence-electron chi connectivity index (χ2n) is 5.70. The van der Waals surface area contributed by atoms with Crippen molar-refractivity contribution in [1.82, 2.24) is 5.32 Å². The SMILES string of the molecule is CCOc1cc(C(=O)N[C@H](CC(C)C)C(=O)O)c([N+](=O)[O-])cc1OC. The van der Waals surface area contributed by atoms with Crippen molar-refractivity contribution in [2.45, 2.75) is 33.2 Å². The summed E-state index contributed by atoms with van der Waals surface area (Å²) < 4.78 is 10.4. The van der Waals surface area contributed by atoms with Crippen molar-refractivity contribution in [2.75, 3.05) is 13.7 Å². The van der Waals surface area contributed by atoms with Crippen LogP contribution in [0.4, 0.5) is 5.69 Å². The van der Waals surface area contributed by atoms with Crippen molar-refractivity contribution >= 4 is 17.6 Å². The number of hydrogen-bond donors (Lipinski definition) is 2. The number of carbonyl (C=O) groups is 2. The summed E-state index contributed by atoms with van der Waals surface area (Å²) in [6.07, 6.45) is 0.198. The number of amides is 1. The number of aliphatic carboxylic acids is 1. The van der Waals surface area contributed by atoms with Crippen molar-refractivity contribution in [1.29, 1.82) is 0 Å². The van der Waals surface area contributed by atoms with Crippen molar-refractivity contribution in [3.05, 3.63) is 27.8 Å². The minimum Gasteiger partial charge on any atom is -0.493 e. The van der Waals surface area contributed by atoms with Gasteiger partial charge in [-0.1, -0.05) is 13.8 Å².